The number of para-hydroxylation sites is 1. The Labute approximate surface area is 323 Å². The van der Waals surface area contributed by atoms with Crippen LogP contribution in [0.15, 0.2) is 122 Å². The Bertz CT molecular complexity index is 2040. The molecule has 9 heteroatoms. The summed E-state index contributed by atoms with van der Waals surface area (Å²) in [7, 11) is 5.96. The van der Waals surface area contributed by atoms with Gasteiger partial charge in [-0.3, -0.25) is 11.1 Å². The number of benzene rings is 4. The monoisotopic (exact) mass is 1010 g/mol. The van der Waals surface area contributed by atoms with E-state index in [1.54, 1.807) is 23.2 Å². The molecule has 0 fully saturated rings. The average Bonchev–Trinajstić information content (AvgIpc) is 3.81. The molecule has 4 aromatic carbocycles. The third kappa shape index (κ3) is 10.0. The van der Waals surface area contributed by atoms with Crippen molar-refractivity contribution in [2.24, 2.45) is 0 Å². The third-order valence-electron chi connectivity index (χ3n) is 7.04. The number of pyridine rings is 1. The molecule has 1 aliphatic heterocycles. The van der Waals surface area contributed by atoms with Crippen LogP contribution in [0.1, 0.15) is 0 Å². The van der Waals surface area contributed by atoms with E-state index in [1.165, 1.54) is 0 Å². The first-order valence-electron chi connectivity index (χ1n) is 15.0. The Kier molecular flexibility index (Phi) is 13.7. The number of hydrogen-bond acceptors (Lipinski definition) is 6. The smallest absolute Gasteiger partial charge is 0.669 e. The first kappa shape index (κ1) is 37.8. The number of anilines is 2. The van der Waals surface area contributed by atoms with Crippen LogP contribution in [0.25, 0.3) is 22.4 Å². The van der Waals surface area contributed by atoms with Crippen molar-refractivity contribution in [2.75, 3.05) is 30.9 Å². The summed E-state index contributed by atoms with van der Waals surface area (Å²) in [6, 6.07) is 47.3. The number of rotatable bonds is 8. The van der Waals surface area contributed by atoms with Crippen LogP contribution in [-0.2, 0) is 42.1 Å². The van der Waals surface area contributed by atoms with Gasteiger partial charge in [-0.2, -0.15) is 43.1 Å². The van der Waals surface area contributed by atoms with Gasteiger partial charge in [0.2, 0.25) is 0 Å². The van der Waals surface area contributed by atoms with Gasteiger partial charge in [-0.25, -0.2) is 18.2 Å². The fraction of sp³-hybridized carbons (Fsp3) is 0.0732. The van der Waals surface area contributed by atoms with Crippen molar-refractivity contribution < 1.29 is 51.6 Å². The number of ether oxygens (including phenoxy) is 2. The molecule has 0 radical (unpaired) electrons. The van der Waals surface area contributed by atoms with Gasteiger partial charge in [0, 0.05) is 70.6 Å². The molecule has 3 heterocycles. The summed E-state index contributed by atoms with van der Waals surface area (Å²) in [4.78, 5) is 10.6. The van der Waals surface area contributed by atoms with Crippen molar-refractivity contribution >= 4 is 11.4 Å². The Balaban J connectivity index is 0.000000559. The van der Waals surface area contributed by atoms with Gasteiger partial charge in [-0.1, -0.05) is 29.7 Å². The topological polar surface area (TPSA) is 46.0 Å². The summed E-state index contributed by atoms with van der Waals surface area (Å²) in [5, 5.41) is 0. The zero-order valence-electron chi connectivity index (χ0n) is 27.3. The van der Waals surface area contributed by atoms with Crippen molar-refractivity contribution in [3.8, 4) is 51.4 Å². The van der Waals surface area contributed by atoms with E-state index < -0.39 is 0 Å². The summed E-state index contributed by atoms with van der Waals surface area (Å²) in [5.41, 5.74) is 5.07. The molecule has 7 nitrogen and oxygen atoms in total. The van der Waals surface area contributed by atoms with Gasteiger partial charge in [0.25, 0.3) is 0 Å². The van der Waals surface area contributed by atoms with E-state index in [2.05, 4.69) is 41.4 Å². The third-order valence-corrected chi connectivity index (χ3v) is 7.04. The molecule has 0 N–H and O–H groups in total. The second kappa shape index (κ2) is 18.1. The number of hydrogen-bond donors (Lipinski definition) is 0. The molecule has 50 heavy (non-hydrogen) atoms. The summed E-state index contributed by atoms with van der Waals surface area (Å²) >= 11 is 0. The molecule has 2 aromatic heterocycles. The van der Waals surface area contributed by atoms with Gasteiger partial charge in [0.05, 0.1) is 0 Å². The average molecular weight is 1010 g/mol. The molecule has 0 aliphatic carbocycles. The molecule has 0 amide bonds. The zero-order chi connectivity index (χ0) is 33.3. The molecule has 0 saturated carbocycles. The minimum Gasteiger partial charge on any atom is -0.669 e. The van der Waals surface area contributed by atoms with Crippen LogP contribution in [0.4, 0.5) is 11.4 Å². The van der Waals surface area contributed by atoms with E-state index in [0.717, 1.165) is 33.8 Å². The fourth-order valence-electron chi connectivity index (χ4n) is 4.66. The molecular formula is C41H30N5O2Pt2-3. The molecule has 0 atom stereocenters. The molecule has 0 spiro atoms. The normalized spacial score (nSPS) is 11.3. The van der Waals surface area contributed by atoms with Crippen molar-refractivity contribution in [1.29, 1.82) is 0 Å². The predicted octanol–water partition coefficient (Wildman–Crippen LogP) is 8.29. The second-order valence-electron chi connectivity index (χ2n) is 10.8. The summed E-state index contributed by atoms with van der Waals surface area (Å²) in [6.45, 7) is 1.97. The van der Waals surface area contributed by atoms with Crippen LogP contribution in [0.3, 0.4) is 0 Å². The molecule has 0 bridgehead atoms. The zero-order valence-corrected chi connectivity index (χ0v) is 31.9. The molecule has 1 aliphatic rings. The van der Waals surface area contributed by atoms with E-state index in [0.29, 0.717) is 23.0 Å². The maximum atomic E-state index is 6.57. The largest absolute Gasteiger partial charge is 4.00 e. The number of aromatic nitrogens is 2. The Hall–Kier alpha value is -5.01. The van der Waals surface area contributed by atoms with Crippen LogP contribution < -0.4 is 19.3 Å². The predicted molar refractivity (Wildman–Crippen MR) is 187 cm³/mol. The van der Waals surface area contributed by atoms with Crippen LogP contribution in [0.2, 0.25) is 0 Å². The van der Waals surface area contributed by atoms with E-state index in [1.807, 2.05) is 146 Å². The molecule has 254 valence electrons. The van der Waals surface area contributed by atoms with Gasteiger partial charge >= 0.3 is 21.1 Å². The van der Waals surface area contributed by atoms with Gasteiger partial charge in [0.1, 0.15) is 0 Å². The standard InChI is InChI=1S/C35H26N4O2.C6H4N.2Pt/c1-37(2)30-19-28(21-34(24-30)40-31-11-5-4-6-12-31)26-15-16-36-35(22-26)27-9-7-13-32(20-27)41-33-14-8-10-29(23-33)39-18-17-38(3)25-39;1-2-7-5-3-4-6-7;;/h4-11,13-14,16-19,22,24-25H,1-3H3;3-6H;;/q-6;-1;;+4. The van der Waals surface area contributed by atoms with E-state index in [-0.39, 0.29) is 42.1 Å². The van der Waals surface area contributed by atoms with E-state index >= 15 is 0 Å². The van der Waals surface area contributed by atoms with Crippen molar-refractivity contribution in [3.63, 3.8) is 0 Å². The minimum absolute atomic E-state index is 0. The summed E-state index contributed by atoms with van der Waals surface area (Å²) in [5.74, 6) is 2.39. The Morgan fingerprint density at radius 2 is 1.48 bits per heavy atom. The molecule has 7 rings (SSSR count). The first-order valence-corrected chi connectivity index (χ1v) is 15.0. The van der Waals surface area contributed by atoms with Crippen LogP contribution in [0, 0.1) is 49.5 Å². The van der Waals surface area contributed by atoms with Crippen molar-refractivity contribution in [3.05, 3.63) is 165 Å². The molecular weight excluding hydrogens is 985 g/mol. The SMILES string of the molecule is CN1C=CN(c2[c-]c(Oc3[c-]c(-c4cc(-c5[c-]c(Oc6[c-]cccc6)cc(N(C)C)c5)[c-]cn4)ccc3)ccc2)[CH-]1.[C-]#Cn1cccc1.[Pt+4].[Pt]. The second-order valence-corrected chi connectivity index (χ2v) is 10.8. The van der Waals surface area contributed by atoms with E-state index in [9.17, 15) is 0 Å². The van der Waals surface area contributed by atoms with Gasteiger partial charge in [-0.05, 0) is 31.6 Å². The van der Waals surface area contributed by atoms with Crippen LogP contribution in [-0.4, -0.2) is 35.6 Å². The fourth-order valence-corrected chi connectivity index (χ4v) is 4.66. The minimum atomic E-state index is 0. The maximum absolute atomic E-state index is 6.57. The van der Waals surface area contributed by atoms with E-state index in [4.69, 9.17) is 15.9 Å². The molecule has 0 saturated heterocycles. The Morgan fingerprint density at radius 1 is 0.760 bits per heavy atom. The van der Waals surface area contributed by atoms with Gasteiger partial charge in [0.15, 0.2) is 0 Å². The van der Waals surface area contributed by atoms with Crippen molar-refractivity contribution in [2.45, 2.75) is 0 Å². The quantitative estimate of drug-likeness (QED) is 0.113. The molecule has 6 aromatic rings. The van der Waals surface area contributed by atoms with Gasteiger partial charge in [-0.15, -0.1) is 59.8 Å². The maximum Gasteiger partial charge on any atom is 4.00 e. The molecule has 0 unspecified atom stereocenters. The van der Waals surface area contributed by atoms with Gasteiger partial charge < -0.3 is 40.1 Å². The van der Waals surface area contributed by atoms with Crippen LogP contribution in [0.5, 0.6) is 23.0 Å². The summed E-state index contributed by atoms with van der Waals surface area (Å²) in [6.07, 6.45) is 15.7. The number of nitrogens with zero attached hydrogens (tertiary/aromatic N) is 5. The Morgan fingerprint density at radius 3 is 2.16 bits per heavy atom. The van der Waals surface area contributed by atoms with Crippen molar-refractivity contribution in [1.82, 2.24) is 14.5 Å². The van der Waals surface area contributed by atoms with Crippen LogP contribution >= 0.6 is 0 Å². The first-order chi connectivity index (χ1) is 23.4. The summed E-state index contributed by atoms with van der Waals surface area (Å²) < 4.78 is 13.7.